The van der Waals surface area contributed by atoms with Crippen LogP contribution in [-0.4, -0.2) is 48.3 Å². The number of carbonyl (C=O) groups excluding carboxylic acids is 1. The maximum Gasteiger partial charge on any atom is 0.255 e. The average Bonchev–Trinajstić information content (AvgIpc) is 3.27. The second-order valence-corrected chi connectivity index (χ2v) is 7.08. The number of carbonyl (C=O) groups is 1. The van der Waals surface area contributed by atoms with Crippen molar-refractivity contribution in [2.24, 2.45) is 0 Å². The van der Waals surface area contributed by atoms with Crippen molar-refractivity contribution in [2.75, 3.05) is 27.8 Å². The molecule has 29 heavy (non-hydrogen) atoms. The first-order valence-electron chi connectivity index (χ1n) is 9.44. The van der Waals surface area contributed by atoms with Crippen LogP contribution in [0.5, 0.6) is 11.5 Å². The maximum absolute atomic E-state index is 13.0. The molecule has 0 fully saturated rings. The minimum Gasteiger partial charge on any atom is -0.493 e. The van der Waals surface area contributed by atoms with E-state index in [0.29, 0.717) is 35.8 Å². The van der Waals surface area contributed by atoms with E-state index >= 15 is 0 Å². The second kappa shape index (κ2) is 8.43. The smallest absolute Gasteiger partial charge is 0.255 e. The summed E-state index contributed by atoms with van der Waals surface area (Å²) < 4.78 is 17.7. The Morgan fingerprint density at radius 2 is 1.83 bits per heavy atom. The van der Waals surface area contributed by atoms with Crippen LogP contribution in [0.3, 0.4) is 0 Å². The number of methoxy groups -OCH3 is 2. The Morgan fingerprint density at radius 1 is 1.10 bits per heavy atom. The molecule has 0 saturated heterocycles. The van der Waals surface area contributed by atoms with Crippen molar-refractivity contribution < 1.29 is 18.8 Å². The van der Waals surface area contributed by atoms with Crippen molar-refractivity contribution in [3.8, 4) is 17.3 Å². The van der Waals surface area contributed by atoms with Crippen LogP contribution in [0.1, 0.15) is 33.1 Å². The summed E-state index contributed by atoms with van der Waals surface area (Å²) in [5, 5.41) is 4.07. The zero-order chi connectivity index (χ0) is 21.1. The van der Waals surface area contributed by atoms with Gasteiger partial charge in [-0.1, -0.05) is 11.2 Å². The third kappa shape index (κ3) is 4.13. The van der Waals surface area contributed by atoms with Crippen LogP contribution in [0.15, 0.2) is 34.9 Å². The van der Waals surface area contributed by atoms with Crippen LogP contribution in [-0.2, 0) is 6.42 Å². The van der Waals surface area contributed by atoms with Gasteiger partial charge in [0.1, 0.15) is 5.76 Å². The summed E-state index contributed by atoms with van der Waals surface area (Å²) >= 11 is 0. The minimum absolute atomic E-state index is 0.0231. The van der Waals surface area contributed by atoms with Gasteiger partial charge in [0.05, 0.1) is 19.8 Å². The van der Waals surface area contributed by atoms with Gasteiger partial charge in [-0.05, 0) is 51.0 Å². The van der Waals surface area contributed by atoms with Crippen LogP contribution >= 0.6 is 0 Å². The molecule has 0 spiro atoms. The SMILES string of the molecule is COc1ccc(CCN(C)C(=O)c2cc(C)n(-c3cc(C)on3)c2C)cc1OC. The first-order valence-corrected chi connectivity index (χ1v) is 9.44. The van der Waals surface area contributed by atoms with E-state index in [1.807, 2.05) is 62.7 Å². The number of hydrogen-bond acceptors (Lipinski definition) is 5. The fourth-order valence-electron chi connectivity index (χ4n) is 3.43. The predicted molar refractivity (Wildman–Crippen MR) is 110 cm³/mol. The number of ether oxygens (including phenoxy) is 2. The summed E-state index contributed by atoms with van der Waals surface area (Å²) in [6.45, 7) is 6.31. The highest BCUT2D eigenvalue weighted by atomic mass is 16.5. The van der Waals surface area contributed by atoms with Gasteiger partial charge in [-0.2, -0.15) is 0 Å². The molecule has 3 rings (SSSR count). The molecule has 0 saturated carbocycles. The van der Waals surface area contributed by atoms with Gasteiger partial charge in [0.2, 0.25) is 0 Å². The molecule has 2 aromatic heterocycles. The van der Waals surface area contributed by atoms with Crippen LogP contribution in [0, 0.1) is 20.8 Å². The first kappa shape index (κ1) is 20.5. The number of aryl methyl sites for hydroxylation is 2. The molecular weight excluding hydrogens is 370 g/mol. The molecule has 2 heterocycles. The number of aromatic nitrogens is 2. The van der Waals surface area contributed by atoms with Crippen molar-refractivity contribution in [3.05, 3.63) is 58.6 Å². The van der Waals surface area contributed by atoms with E-state index in [1.54, 1.807) is 19.1 Å². The number of amides is 1. The molecule has 154 valence electrons. The zero-order valence-corrected chi connectivity index (χ0v) is 17.8. The molecule has 3 aromatic rings. The van der Waals surface area contributed by atoms with E-state index in [2.05, 4.69) is 5.16 Å². The number of likely N-dealkylation sites (N-methyl/N-ethyl adjacent to an activating group) is 1. The van der Waals surface area contributed by atoms with Crippen LogP contribution in [0.25, 0.3) is 5.82 Å². The number of benzene rings is 1. The largest absolute Gasteiger partial charge is 0.493 e. The van der Waals surface area contributed by atoms with Gasteiger partial charge in [-0.25, -0.2) is 0 Å². The molecule has 0 N–H and O–H groups in total. The summed E-state index contributed by atoms with van der Waals surface area (Å²) in [6, 6.07) is 9.56. The lowest BCUT2D eigenvalue weighted by Crippen LogP contribution is -2.29. The van der Waals surface area contributed by atoms with E-state index in [0.717, 1.165) is 22.7 Å². The summed E-state index contributed by atoms with van der Waals surface area (Å²) in [5.41, 5.74) is 3.52. The lowest BCUT2D eigenvalue weighted by molar-refractivity contribution is 0.0796. The molecule has 0 aliphatic carbocycles. The summed E-state index contributed by atoms with van der Waals surface area (Å²) in [6.07, 6.45) is 0.712. The van der Waals surface area contributed by atoms with Gasteiger partial charge < -0.3 is 18.9 Å². The van der Waals surface area contributed by atoms with Gasteiger partial charge in [0.15, 0.2) is 17.3 Å². The highest BCUT2D eigenvalue weighted by Gasteiger charge is 2.21. The van der Waals surface area contributed by atoms with E-state index < -0.39 is 0 Å². The highest BCUT2D eigenvalue weighted by Crippen LogP contribution is 2.28. The molecule has 7 heteroatoms. The predicted octanol–water partition coefficient (Wildman–Crippen LogP) is 3.72. The fourth-order valence-corrected chi connectivity index (χ4v) is 3.43. The van der Waals surface area contributed by atoms with Gasteiger partial charge in [0, 0.05) is 31.0 Å². The van der Waals surface area contributed by atoms with Crippen molar-refractivity contribution in [3.63, 3.8) is 0 Å². The Labute approximate surface area is 170 Å². The molecule has 1 amide bonds. The summed E-state index contributed by atoms with van der Waals surface area (Å²) in [4.78, 5) is 14.8. The second-order valence-electron chi connectivity index (χ2n) is 7.08. The number of nitrogens with zero attached hydrogens (tertiary/aromatic N) is 3. The van der Waals surface area contributed by atoms with Crippen LogP contribution in [0.2, 0.25) is 0 Å². The quantitative estimate of drug-likeness (QED) is 0.608. The monoisotopic (exact) mass is 397 g/mol. The normalized spacial score (nSPS) is 10.8. The Balaban J connectivity index is 1.74. The van der Waals surface area contributed by atoms with Gasteiger partial charge >= 0.3 is 0 Å². The standard InChI is InChI=1S/C22H27N3O4/c1-14-11-18(16(3)25(14)21-12-15(2)29-23-21)22(26)24(4)10-9-17-7-8-19(27-5)20(13-17)28-6/h7-8,11-13H,9-10H2,1-6H3. The molecule has 1 aromatic carbocycles. The first-order chi connectivity index (χ1) is 13.8. The average molecular weight is 397 g/mol. The minimum atomic E-state index is -0.0231. The molecule has 7 nitrogen and oxygen atoms in total. The fraction of sp³-hybridized carbons (Fsp3) is 0.364. The molecular formula is C22H27N3O4. The van der Waals surface area contributed by atoms with Crippen molar-refractivity contribution in [2.45, 2.75) is 27.2 Å². The molecule has 0 bridgehead atoms. The van der Waals surface area contributed by atoms with Gasteiger partial charge in [-0.3, -0.25) is 9.36 Å². The summed E-state index contributed by atoms with van der Waals surface area (Å²) in [5.74, 6) is 2.77. The van der Waals surface area contributed by atoms with E-state index in [1.165, 1.54) is 0 Å². The molecule has 0 atom stereocenters. The highest BCUT2D eigenvalue weighted by molar-refractivity contribution is 5.95. The third-order valence-electron chi connectivity index (χ3n) is 5.04. The van der Waals surface area contributed by atoms with E-state index in [4.69, 9.17) is 14.0 Å². The lowest BCUT2D eigenvalue weighted by atomic mass is 10.1. The zero-order valence-electron chi connectivity index (χ0n) is 17.8. The van der Waals surface area contributed by atoms with E-state index in [9.17, 15) is 4.79 Å². The Bertz CT molecular complexity index is 1020. The maximum atomic E-state index is 13.0. The lowest BCUT2D eigenvalue weighted by Gasteiger charge is -2.18. The molecule has 0 radical (unpaired) electrons. The van der Waals surface area contributed by atoms with Crippen molar-refractivity contribution in [1.82, 2.24) is 14.6 Å². The van der Waals surface area contributed by atoms with Crippen LogP contribution < -0.4 is 9.47 Å². The number of rotatable bonds is 7. The Kier molecular flexibility index (Phi) is 5.96. The topological polar surface area (TPSA) is 69.7 Å². The summed E-state index contributed by atoms with van der Waals surface area (Å²) in [7, 11) is 5.04. The number of hydrogen-bond donors (Lipinski definition) is 0. The van der Waals surface area contributed by atoms with Crippen molar-refractivity contribution in [1.29, 1.82) is 0 Å². The Hall–Kier alpha value is -3.22. The molecule has 0 aliphatic heterocycles. The molecule has 0 unspecified atom stereocenters. The third-order valence-corrected chi connectivity index (χ3v) is 5.04. The van der Waals surface area contributed by atoms with E-state index in [-0.39, 0.29) is 5.91 Å². The van der Waals surface area contributed by atoms with Gasteiger partial charge in [-0.15, -0.1) is 0 Å². The molecule has 0 aliphatic rings. The van der Waals surface area contributed by atoms with Crippen molar-refractivity contribution >= 4 is 5.91 Å². The Morgan fingerprint density at radius 3 is 2.45 bits per heavy atom. The van der Waals surface area contributed by atoms with Gasteiger partial charge in [0.25, 0.3) is 5.91 Å². The van der Waals surface area contributed by atoms with Crippen LogP contribution in [0.4, 0.5) is 0 Å².